The van der Waals surface area contributed by atoms with Crippen molar-refractivity contribution in [3.05, 3.63) is 35.4 Å². The van der Waals surface area contributed by atoms with Gasteiger partial charge in [-0.15, -0.1) is 0 Å². The molecule has 1 rings (SSSR count). The number of benzene rings is 1. The van der Waals surface area contributed by atoms with Gasteiger partial charge in [0.15, 0.2) is 5.78 Å². The Morgan fingerprint density at radius 1 is 1.43 bits per heavy atom. The Morgan fingerprint density at radius 2 is 2.21 bits per heavy atom. The zero-order chi connectivity index (χ0) is 10.4. The van der Waals surface area contributed by atoms with Crippen LogP contribution in [0.3, 0.4) is 0 Å². The molecule has 0 atom stereocenters. The van der Waals surface area contributed by atoms with Crippen molar-refractivity contribution < 1.29 is 9.59 Å². The predicted molar refractivity (Wildman–Crippen MR) is 55.4 cm³/mol. The summed E-state index contributed by atoms with van der Waals surface area (Å²) in [6.45, 7) is 1.56. The van der Waals surface area contributed by atoms with E-state index in [2.05, 4.69) is 0 Å². The number of rotatable bonds is 5. The van der Waals surface area contributed by atoms with E-state index in [1.807, 2.05) is 24.3 Å². The van der Waals surface area contributed by atoms with Crippen LogP contribution in [0.1, 0.15) is 35.7 Å². The van der Waals surface area contributed by atoms with Crippen LogP contribution >= 0.6 is 0 Å². The highest BCUT2D eigenvalue weighted by Crippen LogP contribution is 2.08. The average Bonchev–Trinajstić information content (AvgIpc) is 2.19. The number of hydrogen-bond donors (Lipinski definition) is 0. The predicted octanol–water partition coefficient (Wildman–Crippen LogP) is 2.41. The van der Waals surface area contributed by atoms with Gasteiger partial charge in [-0.3, -0.25) is 4.79 Å². The van der Waals surface area contributed by atoms with Gasteiger partial charge in [-0.25, -0.2) is 0 Å². The first-order valence-corrected chi connectivity index (χ1v) is 4.77. The van der Waals surface area contributed by atoms with E-state index < -0.39 is 0 Å². The van der Waals surface area contributed by atoms with E-state index in [1.165, 1.54) is 0 Å². The summed E-state index contributed by atoms with van der Waals surface area (Å²) in [5, 5.41) is 0. The second-order valence-corrected chi connectivity index (χ2v) is 3.32. The lowest BCUT2D eigenvalue weighted by atomic mass is 10.0. The third-order valence-corrected chi connectivity index (χ3v) is 2.12. The van der Waals surface area contributed by atoms with Crippen LogP contribution in [-0.2, 0) is 11.2 Å². The smallest absolute Gasteiger partial charge is 0.159 e. The highest BCUT2D eigenvalue weighted by molar-refractivity contribution is 5.94. The van der Waals surface area contributed by atoms with Gasteiger partial charge in [0.25, 0.3) is 0 Å². The van der Waals surface area contributed by atoms with Crippen molar-refractivity contribution in [2.24, 2.45) is 0 Å². The second kappa shape index (κ2) is 5.32. The fraction of sp³-hybridized carbons (Fsp3) is 0.333. The van der Waals surface area contributed by atoms with Crippen LogP contribution in [0.2, 0.25) is 0 Å². The van der Waals surface area contributed by atoms with Gasteiger partial charge in [0, 0.05) is 12.0 Å². The van der Waals surface area contributed by atoms with Crippen LogP contribution in [0, 0.1) is 0 Å². The monoisotopic (exact) mass is 190 g/mol. The fourth-order valence-corrected chi connectivity index (χ4v) is 1.34. The summed E-state index contributed by atoms with van der Waals surface area (Å²) in [4.78, 5) is 21.2. The van der Waals surface area contributed by atoms with Gasteiger partial charge >= 0.3 is 0 Å². The lowest BCUT2D eigenvalue weighted by molar-refractivity contribution is -0.107. The van der Waals surface area contributed by atoms with E-state index in [0.29, 0.717) is 6.42 Å². The van der Waals surface area contributed by atoms with Crippen LogP contribution in [0.5, 0.6) is 0 Å². The van der Waals surface area contributed by atoms with Gasteiger partial charge in [0.05, 0.1) is 0 Å². The minimum atomic E-state index is 0.0854. The first-order valence-electron chi connectivity index (χ1n) is 4.77. The molecule has 0 radical (unpaired) electrons. The zero-order valence-corrected chi connectivity index (χ0v) is 8.32. The number of Topliss-reactive ketones (excluding diaryl/α,β-unsaturated/α-hetero) is 1. The Hall–Kier alpha value is -1.44. The normalized spacial score (nSPS) is 9.79. The number of carbonyl (C=O) groups excluding carboxylic acids is 2. The lowest BCUT2D eigenvalue weighted by Gasteiger charge is -2.01. The van der Waals surface area contributed by atoms with E-state index in [4.69, 9.17) is 0 Å². The molecule has 1 aromatic carbocycles. The molecule has 0 bridgehead atoms. The molecule has 0 aliphatic rings. The standard InChI is InChI=1S/C12H14O2/c1-10(14)12-7-4-6-11(9-12)5-2-3-8-13/h4,6-9H,2-3,5H2,1H3. The Morgan fingerprint density at radius 3 is 2.86 bits per heavy atom. The van der Waals surface area contributed by atoms with Crippen molar-refractivity contribution in [1.82, 2.24) is 0 Å². The Bertz CT molecular complexity index is 329. The van der Waals surface area contributed by atoms with Crippen molar-refractivity contribution in [3.63, 3.8) is 0 Å². The maximum Gasteiger partial charge on any atom is 0.159 e. The molecule has 0 saturated carbocycles. The van der Waals surface area contributed by atoms with Gasteiger partial charge < -0.3 is 4.79 Å². The van der Waals surface area contributed by atoms with E-state index in [1.54, 1.807) is 6.92 Å². The number of carbonyl (C=O) groups is 2. The molecule has 0 aliphatic carbocycles. The van der Waals surface area contributed by atoms with E-state index in [9.17, 15) is 9.59 Å². The van der Waals surface area contributed by atoms with Crippen molar-refractivity contribution in [2.45, 2.75) is 26.2 Å². The number of ketones is 1. The van der Waals surface area contributed by atoms with Crippen LogP contribution in [0.15, 0.2) is 24.3 Å². The zero-order valence-electron chi connectivity index (χ0n) is 8.32. The minimum absolute atomic E-state index is 0.0854. The molecule has 2 heteroatoms. The summed E-state index contributed by atoms with van der Waals surface area (Å²) >= 11 is 0. The summed E-state index contributed by atoms with van der Waals surface area (Å²) in [5.41, 5.74) is 1.87. The molecule has 1 aromatic rings. The number of aldehydes is 1. The maximum atomic E-state index is 11.1. The molecule has 0 saturated heterocycles. The molecule has 0 heterocycles. The van der Waals surface area contributed by atoms with Crippen LogP contribution in [-0.4, -0.2) is 12.1 Å². The van der Waals surface area contributed by atoms with Crippen molar-refractivity contribution in [2.75, 3.05) is 0 Å². The highest BCUT2D eigenvalue weighted by Gasteiger charge is 1.99. The first kappa shape index (κ1) is 10.6. The molecule has 14 heavy (non-hydrogen) atoms. The molecule has 0 amide bonds. The van der Waals surface area contributed by atoms with E-state index in [0.717, 1.165) is 30.3 Å². The number of aryl methyl sites for hydroxylation is 1. The minimum Gasteiger partial charge on any atom is -0.303 e. The average molecular weight is 190 g/mol. The second-order valence-electron chi connectivity index (χ2n) is 3.32. The van der Waals surface area contributed by atoms with Gasteiger partial charge in [-0.2, -0.15) is 0 Å². The largest absolute Gasteiger partial charge is 0.303 e. The quantitative estimate of drug-likeness (QED) is 0.406. The summed E-state index contributed by atoms with van der Waals surface area (Å²) in [6, 6.07) is 7.57. The summed E-state index contributed by atoms with van der Waals surface area (Å²) in [5.74, 6) is 0.0854. The summed E-state index contributed by atoms with van der Waals surface area (Å²) in [6.07, 6.45) is 3.23. The van der Waals surface area contributed by atoms with Gasteiger partial charge in [-0.1, -0.05) is 18.2 Å². The van der Waals surface area contributed by atoms with Crippen molar-refractivity contribution in [1.29, 1.82) is 0 Å². The molecule has 0 N–H and O–H groups in total. The molecular formula is C12H14O2. The van der Waals surface area contributed by atoms with E-state index >= 15 is 0 Å². The molecule has 2 nitrogen and oxygen atoms in total. The first-order chi connectivity index (χ1) is 6.74. The third kappa shape index (κ3) is 3.13. The van der Waals surface area contributed by atoms with Crippen LogP contribution in [0.25, 0.3) is 0 Å². The van der Waals surface area contributed by atoms with Crippen molar-refractivity contribution >= 4 is 12.1 Å². The molecule has 0 aromatic heterocycles. The molecule has 74 valence electrons. The van der Waals surface area contributed by atoms with Gasteiger partial charge in [0.1, 0.15) is 6.29 Å². The molecular weight excluding hydrogens is 176 g/mol. The van der Waals surface area contributed by atoms with Crippen LogP contribution in [0.4, 0.5) is 0 Å². The Kier molecular flexibility index (Phi) is 4.05. The van der Waals surface area contributed by atoms with Gasteiger partial charge in [-0.05, 0) is 31.4 Å². The summed E-state index contributed by atoms with van der Waals surface area (Å²) < 4.78 is 0. The highest BCUT2D eigenvalue weighted by atomic mass is 16.1. The fourth-order valence-electron chi connectivity index (χ4n) is 1.34. The molecule has 0 spiro atoms. The van der Waals surface area contributed by atoms with Crippen molar-refractivity contribution in [3.8, 4) is 0 Å². The van der Waals surface area contributed by atoms with E-state index in [-0.39, 0.29) is 5.78 Å². The molecule has 0 unspecified atom stereocenters. The molecule has 0 aliphatic heterocycles. The number of hydrogen-bond acceptors (Lipinski definition) is 2. The van der Waals surface area contributed by atoms with Crippen LogP contribution < -0.4 is 0 Å². The Labute approximate surface area is 83.9 Å². The Balaban J connectivity index is 2.63. The maximum absolute atomic E-state index is 11.1. The topological polar surface area (TPSA) is 34.1 Å². The lowest BCUT2D eigenvalue weighted by Crippen LogP contribution is -1.94. The third-order valence-electron chi connectivity index (χ3n) is 2.12. The SMILES string of the molecule is CC(=O)c1cccc(CCCC=O)c1. The molecule has 0 fully saturated rings. The summed E-state index contributed by atoms with van der Waals surface area (Å²) in [7, 11) is 0. The number of unbranched alkanes of at least 4 members (excludes halogenated alkanes) is 1. The van der Waals surface area contributed by atoms with Gasteiger partial charge in [0.2, 0.25) is 0 Å².